The van der Waals surface area contributed by atoms with Crippen molar-refractivity contribution in [3.05, 3.63) is 53.6 Å². The second-order valence-electron chi connectivity index (χ2n) is 3.74. The summed E-state index contributed by atoms with van der Waals surface area (Å²) in [6.45, 7) is 0. The van der Waals surface area contributed by atoms with Gasteiger partial charge in [0.05, 0.1) is 0 Å². The summed E-state index contributed by atoms with van der Waals surface area (Å²) in [6.07, 6.45) is 6.43. The third-order valence-electron chi connectivity index (χ3n) is 2.49. The second-order valence-corrected chi connectivity index (χ2v) is 3.74. The summed E-state index contributed by atoms with van der Waals surface area (Å²) in [6, 6.07) is 6.87. The smallest absolute Gasteiger partial charge is 0.255 e. The summed E-state index contributed by atoms with van der Waals surface area (Å²) < 4.78 is 0. The topological polar surface area (TPSA) is 79.0 Å². The monoisotopic (exact) mass is 227 g/mol. The van der Waals surface area contributed by atoms with Crippen LogP contribution in [0.2, 0.25) is 0 Å². The van der Waals surface area contributed by atoms with E-state index in [1.165, 1.54) is 0 Å². The molecule has 2 rings (SSSR count). The van der Waals surface area contributed by atoms with Gasteiger partial charge in [-0.1, -0.05) is 18.2 Å². The van der Waals surface area contributed by atoms with Gasteiger partial charge in [0.25, 0.3) is 5.91 Å². The molecule has 1 amide bonds. The van der Waals surface area contributed by atoms with Crippen LogP contribution in [0.15, 0.2) is 48.1 Å². The molecule has 0 atom stereocenters. The molecule has 0 heterocycles. The average Bonchev–Trinajstić information content (AvgIpc) is 2.83. The lowest BCUT2D eigenvalue weighted by atomic mass is 10.2. The van der Waals surface area contributed by atoms with Crippen molar-refractivity contribution in [2.45, 2.75) is 6.42 Å². The lowest BCUT2D eigenvalue weighted by Gasteiger charge is -2.05. The highest BCUT2D eigenvalue weighted by atomic mass is 16.1. The molecule has 86 valence electrons. The third-order valence-corrected chi connectivity index (χ3v) is 2.49. The van der Waals surface area contributed by atoms with Crippen molar-refractivity contribution >= 4 is 17.4 Å². The number of amides is 1. The fraction of sp³-hybridized carbons (Fsp3) is 0.0769. The molecule has 0 bridgehead atoms. The molecule has 4 N–H and O–H groups in total. The standard InChI is InChI=1S/C13H13N3O/c14-12(15)9-5-7-11(8-6-9)16-13(17)10-3-1-2-4-10/h1,3-8H,2H2,(H3,14,15)(H,16,17). The van der Waals surface area contributed by atoms with E-state index in [-0.39, 0.29) is 11.7 Å². The van der Waals surface area contributed by atoms with Crippen LogP contribution in [0, 0.1) is 5.41 Å². The van der Waals surface area contributed by atoms with E-state index in [2.05, 4.69) is 5.32 Å². The highest BCUT2D eigenvalue weighted by Gasteiger charge is 2.08. The Kier molecular flexibility index (Phi) is 3.05. The van der Waals surface area contributed by atoms with Crippen molar-refractivity contribution in [1.29, 1.82) is 5.41 Å². The zero-order valence-corrected chi connectivity index (χ0v) is 9.23. The number of allylic oxidation sites excluding steroid dienone is 2. The molecule has 0 saturated heterocycles. The molecular formula is C13H13N3O. The number of nitrogen functional groups attached to an aromatic ring is 1. The Morgan fingerprint density at radius 1 is 1.29 bits per heavy atom. The number of rotatable bonds is 3. The molecule has 17 heavy (non-hydrogen) atoms. The van der Waals surface area contributed by atoms with Crippen molar-refractivity contribution in [2.75, 3.05) is 5.32 Å². The first-order chi connectivity index (χ1) is 8.16. The number of hydrogen-bond acceptors (Lipinski definition) is 2. The van der Waals surface area contributed by atoms with Crippen molar-refractivity contribution < 1.29 is 4.79 Å². The number of carbonyl (C=O) groups excluding carboxylic acids is 1. The van der Waals surface area contributed by atoms with Crippen LogP contribution in [0.25, 0.3) is 0 Å². The van der Waals surface area contributed by atoms with Gasteiger partial charge in [-0.3, -0.25) is 10.2 Å². The van der Waals surface area contributed by atoms with E-state index >= 15 is 0 Å². The van der Waals surface area contributed by atoms with Crippen LogP contribution < -0.4 is 11.1 Å². The molecule has 0 fully saturated rings. The van der Waals surface area contributed by atoms with E-state index in [9.17, 15) is 4.79 Å². The van der Waals surface area contributed by atoms with Gasteiger partial charge in [0.1, 0.15) is 5.84 Å². The van der Waals surface area contributed by atoms with Crippen molar-refractivity contribution in [3.8, 4) is 0 Å². The van der Waals surface area contributed by atoms with Gasteiger partial charge < -0.3 is 11.1 Å². The highest BCUT2D eigenvalue weighted by Crippen LogP contribution is 2.14. The number of hydrogen-bond donors (Lipinski definition) is 3. The summed E-state index contributed by atoms with van der Waals surface area (Å²) in [4.78, 5) is 11.7. The average molecular weight is 227 g/mol. The van der Waals surface area contributed by atoms with Gasteiger partial charge in [-0.2, -0.15) is 0 Å². The Morgan fingerprint density at radius 2 is 2.00 bits per heavy atom. The molecule has 0 spiro atoms. The molecule has 0 unspecified atom stereocenters. The van der Waals surface area contributed by atoms with Crippen LogP contribution in [0.4, 0.5) is 5.69 Å². The van der Waals surface area contributed by atoms with Crippen molar-refractivity contribution in [3.63, 3.8) is 0 Å². The van der Waals surface area contributed by atoms with Crippen LogP contribution >= 0.6 is 0 Å². The molecule has 4 nitrogen and oxygen atoms in total. The molecule has 0 aromatic heterocycles. The summed E-state index contributed by atoms with van der Waals surface area (Å²) in [5, 5.41) is 10.0. The minimum atomic E-state index is -0.116. The van der Waals surface area contributed by atoms with E-state index in [0.29, 0.717) is 16.8 Å². The first-order valence-corrected chi connectivity index (χ1v) is 5.29. The van der Waals surface area contributed by atoms with Gasteiger partial charge in [0.15, 0.2) is 0 Å². The molecule has 1 aliphatic carbocycles. The molecule has 4 heteroatoms. The van der Waals surface area contributed by atoms with Crippen LogP contribution in [-0.4, -0.2) is 11.7 Å². The zero-order chi connectivity index (χ0) is 12.3. The lowest BCUT2D eigenvalue weighted by molar-refractivity contribution is -0.112. The number of amidine groups is 1. The van der Waals surface area contributed by atoms with E-state index < -0.39 is 0 Å². The Labute approximate surface area is 99.3 Å². The quantitative estimate of drug-likeness (QED) is 0.543. The normalized spacial score (nSPS) is 13.3. The maximum atomic E-state index is 11.7. The lowest BCUT2D eigenvalue weighted by Crippen LogP contribution is -2.13. The summed E-state index contributed by atoms with van der Waals surface area (Å²) in [7, 11) is 0. The van der Waals surface area contributed by atoms with Crippen LogP contribution in [0.1, 0.15) is 12.0 Å². The van der Waals surface area contributed by atoms with Gasteiger partial charge in [-0.05, 0) is 30.7 Å². The molecule has 1 aromatic carbocycles. The number of carbonyl (C=O) groups is 1. The third kappa shape index (κ3) is 2.60. The van der Waals surface area contributed by atoms with Gasteiger partial charge in [0.2, 0.25) is 0 Å². The number of nitrogens with two attached hydrogens (primary N) is 1. The van der Waals surface area contributed by atoms with Crippen LogP contribution in [0.5, 0.6) is 0 Å². The predicted molar refractivity (Wildman–Crippen MR) is 67.9 cm³/mol. The fourth-order valence-electron chi connectivity index (χ4n) is 1.56. The number of benzene rings is 1. The van der Waals surface area contributed by atoms with E-state index in [4.69, 9.17) is 11.1 Å². The molecule has 0 aliphatic heterocycles. The SMILES string of the molecule is N=C(N)c1ccc(NC(=O)C2=CCC=C2)cc1. The first kappa shape index (κ1) is 11.1. The highest BCUT2D eigenvalue weighted by molar-refractivity contribution is 6.06. The zero-order valence-electron chi connectivity index (χ0n) is 9.23. The Hall–Kier alpha value is -2.36. The minimum absolute atomic E-state index is 0.0179. The maximum Gasteiger partial charge on any atom is 0.255 e. The first-order valence-electron chi connectivity index (χ1n) is 5.29. The van der Waals surface area contributed by atoms with Crippen LogP contribution in [0.3, 0.4) is 0 Å². The number of anilines is 1. The van der Waals surface area contributed by atoms with Gasteiger partial charge in [-0.15, -0.1) is 0 Å². The molecule has 0 radical (unpaired) electrons. The van der Waals surface area contributed by atoms with Gasteiger partial charge in [-0.25, -0.2) is 0 Å². The van der Waals surface area contributed by atoms with Crippen LogP contribution in [-0.2, 0) is 4.79 Å². The van der Waals surface area contributed by atoms with Gasteiger partial charge >= 0.3 is 0 Å². The second kappa shape index (κ2) is 4.65. The Balaban J connectivity index is 2.06. The molecular weight excluding hydrogens is 214 g/mol. The minimum Gasteiger partial charge on any atom is -0.384 e. The fourth-order valence-corrected chi connectivity index (χ4v) is 1.56. The van der Waals surface area contributed by atoms with E-state index in [1.54, 1.807) is 30.3 Å². The van der Waals surface area contributed by atoms with E-state index in [1.807, 2.05) is 12.2 Å². The summed E-state index contributed by atoms with van der Waals surface area (Å²) in [5.41, 5.74) is 7.36. The van der Waals surface area contributed by atoms with Gasteiger partial charge in [0, 0.05) is 16.8 Å². The largest absolute Gasteiger partial charge is 0.384 e. The Morgan fingerprint density at radius 3 is 2.53 bits per heavy atom. The predicted octanol–water partition coefficient (Wildman–Crippen LogP) is 1.80. The van der Waals surface area contributed by atoms with Crippen molar-refractivity contribution in [2.24, 2.45) is 5.73 Å². The Bertz CT molecular complexity index is 512. The van der Waals surface area contributed by atoms with E-state index in [0.717, 1.165) is 6.42 Å². The summed E-state index contributed by atoms with van der Waals surface area (Å²) >= 11 is 0. The summed E-state index contributed by atoms with van der Waals surface area (Å²) in [5.74, 6) is -0.0985. The molecule has 0 saturated carbocycles. The number of nitrogens with one attached hydrogen (secondary N) is 2. The molecule has 1 aromatic rings. The maximum absolute atomic E-state index is 11.7. The molecule has 1 aliphatic rings. The van der Waals surface area contributed by atoms with Crippen molar-refractivity contribution in [1.82, 2.24) is 0 Å².